The highest BCUT2D eigenvalue weighted by Gasteiger charge is 2.13. The van der Waals surface area contributed by atoms with Gasteiger partial charge in [-0.3, -0.25) is 19.0 Å². The number of hydrogen-bond acceptors (Lipinski definition) is 7. The molecule has 0 aliphatic heterocycles. The summed E-state index contributed by atoms with van der Waals surface area (Å²) in [6.07, 6.45) is 2.56. The fourth-order valence-corrected chi connectivity index (χ4v) is 4.94. The fraction of sp³-hybridized carbons (Fsp3) is 0.286. The van der Waals surface area contributed by atoms with Gasteiger partial charge in [0.15, 0.2) is 5.16 Å². The van der Waals surface area contributed by atoms with Gasteiger partial charge in [0.1, 0.15) is 10.5 Å². The van der Waals surface area contributed by atoms with E-state index in [0.29, 0.717) is 57.2 Å². The van der Waals surface area contributed by atoms with Gasteiger partial charge in [0.2, 0.25) is 5.91 Å². The number of nitrogens with zero attached hydrogens (tertiary/aromatic N) is 3. The molecule has 8 nitrogen and oxygen atoms in total. The Morgan fingerprint density at radius 2 is 1.94 bits per heavy atom. The number of nitrogens with two attached hydrogens (primary N) is 1. The molecule has 10 heteroatoms. The highest BCUT2D eigenvalue weighted by Crippen LogP contribution is 2.22. The van der Waals surface area contributed by atoms with Gasteiger partial charge >= 0.3 is 0 Å². The third-order valence-electron chi connectivity index (χ3n) is 4.83. The standard InChI is InChI=1S/C21H21N5O3S2/c22-16(27)8-2-1-5-10-26-20(29)13-6-3-4-7-14(13)24-21(26)31-12-17-23-15-9-11-30-18(15)19(28)25-17/h3-4,6-7,9,11H,1-2,5,8,10,12H2,(H2,22,27)(H,23,25,28). The first-order chi connectivity index (χ1) is 15.0. The molecule has 0 saturated carbocycles. The van der Waals surface area contributed by atoms with Crippen LogP contribution in [-0.2, 0) is 17.1 Å². The van der Waals surface area contributed by atoms with Crippen molar-refractivity contribution < 1.29 is 4.79 Å². The normalized spacial score (nSPS) is 11.4. The van der Waals surface area contributed by atoms with Crippen LogP contribution in [0.4, 0.5) is 0 Å². The lowest BCUT2D eigenvalue weighted by Crippen LogP contribution is -2.23. The van der Waals surface area contributed by atoms with Gasteiger partial charge in [0.25, 0.3) is 11.1 Å². The SMILES string of the molecule is NC(=O)CCCCCn1c(SCc2nc3ccsc3c(=O)[nH]2)nc2ccccc2c1=O. The Hall–Kier alpha value is -2.98. The second-order valence-electron chi connectivity index (χ2n) is 7.08. The third-order valence-corrected chi connectivity index (χ3v) is 6.72. The number of carbonyl (C=O) groups excluding carboxylic acids is 1. The molecule has 4 aromatic rings. The van der Waals surface area contributed by atoms with Crippen LogP contribution in [-0.4, -0.2) is 25.4 Å². The van der Waals surface area contributed by atoms with Gasteiger partial charge in [-0.15, -0.1) is 11.3 Å². The number of rotatable bonds is 9. The van der Waals surface area contributed by atoms with Crippen LogP contribution in [0.5, 0.6) is 0 Å². The molecule has 1 aromatic carbocycles. The van der Waals surface area contributed by atoms with Crippen molar-refractivity contribution in [2.24, 2.45) is 5.73 Å². The highest BCUT2D eigenvalue weighted by molar-refractivity contribution is 7.98. The summed E-state index contributed by atoms with van der Waals surface area (Å²) in [4.78, 5) is 48.2. The quantitative estimate of drug-likeness (QED) is 0.227. The first-order valence-corrected chi connectivity index (χ1v) is 11.8. The van der Waals surface area contributed by atoms with Crippen molar-refractivity contribution in [3.8, 4) is 0 Å². The summed E-state index contributed by atoms with van der Waals surface area (Å²) in [6, 6.07) is 9.07. The zero-order valence-corrected chi connectivity index (χ0v) is 18.3. The van der Waals surface area contributed by atoms with Gasteiger partial charge in [0.05, 0.1) is 22.2 Å². The molecule has 0 spiro atoms. The van der Waals surface area contributed by atoms with Crippen LogP contribution in [0.25, 0.3) is 21.1 Å². The number of para-hydroxylation sites is 1. The van der Waals surface area contributed by atoms with Gasteiger partial charge < -0.3 is 10.7 Å². The summed E-state index contributed by atoms with van der Waals surface area (Å²) in [7, 11) is 0. The number of aromatic nitrogens is 4. The van der Waals surface area contributed by atoms with Crippen LogP contribution in [0.3, 0.4) is 0 Å². The number of amides is 1. The summed E-state index contributed by atoms with van der Waals surface area (Å²) in [5.41, 5.74) is 6.24. The van der Waals surface area contributed by atoms with Gasteiger partial charge in [-0.05, 0) is 36.4 Å². The van der Waals surface area contributed by atoms with E-state index in [0.717, 1.165) is 12.8 Å². The van der Waals surface area contributed by atoms with Crippen LogP contribution in [0.15, 0.2) is 50.5 Å². The fourth-order valence-electron chi connectivity index (χ4n) is 3.32. The molecule has 0 bridgehead atoms. The van der Waals surface area contributed by atoms with Crippen molar-refractivity contribution in [3.63, 3.8) is 0 Å². The maximum absolute atomic E-state index is 13.1. The lowest BCUT2D eigenvalue weighted by atomic mass is 10.2. The zero-order valence-electron chi connectivity index (χ0n) is 16.7. The number of carbonyl (C=O) groups is 1. The van der Waals surface area contributed by atoms with Gasteiger partial charge in [-0.2, -0.15) is 0 Å². The highest BCUT2D eigenvalue weighted by atomic mass is 32.2. The molecule has 3 heterocycles. The minimum atomic E-state index is -0.315. The second-order valence-corrected chi connectivity index (χ2v) is 8.94. The van der Waals surface area contributed by atoms with Crippen LogP contribution < -0.4 is 16.9 Å². The number of fused-ring (bicyclic) bond motifs is 2. The number of primary amides is 1. The molecule has 0 saturated heterocycles. The molecule has 4 rings (SSSR count). The number of benzene rings is 1. The summed E-state index contributed by atoms with van der Waals surface area (Å²) in [6.45, 7) is 0.491. The molecular formula is C21H21N5O3S2. The van der Waals surface area contributed by atoms with Crippen molar-refractivity contribution in [2.45, 2.75) is 43.1 Å². The predicted octanol–water partition coefficient (Wildman–Crippen LogP) is 3.03. The Morgan fingerprint density at radius 3 is 2.77 bits per heavy atom. The second kappa shape index (κ2) is 9.44. The van der Waals surface area contributed by atoms with Gasteiger partial charge in [0, 0.05) is 13.0 Å². The summed E-state index contributed by atoms with van der Waals surface area (Å²) in [5.74, 6) is 0.606. The summed E-state index contributed by atoms with van der Waals surface area (Å²) in [5, 5.41) is 2.98. The van der Waals surface area contributed by atoms with Gasteiger partial charge in [-0.1, -0.05) is 30.3 Å². The topological polar surface area (TPSA) is 124 Å². The number of thioether (sulfide) groups is 1. The van der Waals surface area contributed by atoms with Crippen molar-refractivity contribution >= 4 is 50.1 Å². The van der Waals surface area contributed by atoms with Crippen molar-refractivity contribution in [1.29, 1.82) is 0 Å². The van der Waals surface area contributed by atoms with Crippen molar-refractivity contribution in [2.75, 3.05) is 0 Å². The van der Waals surface area contributed by atoms with Crippen LogP contribution in [0.2, 0.25) is 0 Å². The van der Waals surface area contributed by atoms with Crippen LogP contribution >= 0.6 is 23.1 Å². The number of unbranched alkanes of at least 4 members (excludes halogenated alkanes) is 2. The minimum Gasteiger partial charge on any atom is -0.370 e. The average Bonchev–Trinajstić information content (AvgIpc) is 3.23. The predicted molar refractivity (Wildman–Crippen MR) is 123 cm³/mol. The Labute approximate surface area is 185 Å². The molecule has 0 aliphatic rings. The lowest BCUT2D eigenvalue weighted by molar-refractivity contribution is -0.118. The molecule has 3 N–H and O–H groups in total. The van der Waals surface area contributed by atoms with Crippen LogP contribution in [0.1, 0.15) is 31.5 Å². The Balaban J connectivity index is 1.59. The number of H-pyrrole nitrogens is 1. The summed E-state index contributed by atoms with van der Waals surface area (Å²) >= 11 is 2.72. The number of hydrogen-bond donors (Lipinski definition) is 2. The number of aromatic amines is 1. The Kier molecular flexibility index (Phi) is 6.47. The summed E-state index contributed by atoms with van der Waals surface area (Å²) < 4.78 is 2.27. The molecule has 160 valence electrons. The first-order valence-electron chi connectivity index (χ1n) is 9.90. The van der Waals surface area contributed by atoms with Crippen molar-refractivity contribution in [3.05, 3.63) is 62.2 Å². The zero-order chi connectivity index (χ0) is 21.8. The van der Waals surface area contributed by atoms with E-state index in [-0.39, 0.29) is 17.0 Å². The Morgan fingerprint density at radius 1 is 1.10 bits per heavy atom. The van der Waals surface area contributed by atoms with E-state index in [4.69, 9.17) is 5.73 Å². The maximum atomic E-state index is 13.1. The first kappa shape index (κ1) is 21.3. The monoisotopic (exact) mass is 455 g/mol. The molecule has 1 amide bonds. The maximum Gasteiger partial charge on any atom is 0.268 e. The molecule has 0 unspecified atom stereocenters. The van der Waals surface area contributed by atoms with E-state index in [9.17, 15) is 14.4 Å². The molecule has 0 aliphatic carbocycles. The lowest BCUT2D eigenvalue weighted by Gasteiger charge is -2.13. The van der Waals surface area contributed by atoms with Crippen LogP contribution in [0, 0.1) is 0 Å². The van der Waals surface area contributed by atoms with E-state index < -0.39 is 0 Å². The number of nitrogens with one attached hydrogen (secondary N) is 1. The number of thiophene rings is 1. The molecule has 3 aromatic heterocycles. The van der Waals surface area contributed by atoms with E-state index >= 15 is 0 Å². The Bertz CT molecular complexity index is 1360. The van der Waals surface area contributed by atoms with E-state index in [1.54, 1.807) is 10.6 Å². The largest absolute Gasteiger partial charge is 0.370 e. The van der Waals surface area contributed by atoms with Crippen molar-refractivity contribution in [1.82, 2.24) is 19.5 Å². The smallest absolute Gasteiger partial charge is 0.268 e. The minimum absolute atomic E-state index is 0.0993. The van der Waals surface area contributed by atoms with E-state index in [2.05, 4.69) is 15.0 Å². The molecule has 0 atom stereocenters. The van der Waals surface area contributed by atoms with E-state index in [1.807, 2.05) is 29.6 Å². The molecular weight excluding hydrogens is 434 g/mol. The molecule has 0 fully saturated rings. The van der Waals surface area contributed by atoms with Gasteiger partial charge in [-0.25, -0.2) is 9.97 Å². The van der Waals surface area contributed by atoms with E-state index in [1.165, 1.54) is 23.1 Å². The third kappa shape index (κ3) is 4.86. The average molecular weight is 456 g/mol. The molecule has 31 heavy (non-hydrogen) atoms. The molecule has 0 radical (unpaired) electrons.